The normalized spacial score (nSPS) is 8.56. The van der Waals surface area contributed by atoms with Gasteiger partial charge in [-0.25, -0.2) is 0 Å². The van der Waals surface area contributed by atoms with Crippen LogP contribution in [-0.2, 0) is 4.79 Å². The van der Waals surface area contributed by atoms with E-state index in [4.69, 9.17) is 5.11 Å². The molecule has 7 heteroatoms. The van der Waals surface area contributed by atoms with Gasteiger partial charge in [0.2, 0.25) is 0 Å². The van der Waals surface area contributed by atoms with Crippen LogP contribution < -0.4 is 5.73 Å². The third kappa shape index (κ3) is 5.45. The quantitative estimate of drug-likeness (QED) is 0.437. The van der Waals surface area contributed by atoms with Crippen LogP contribution >= 0.6 is 0 Å². The third-order valence-electron chi connectivity index (χ3n) is 1.41. The highest BCUT2D eigenvalue weighted by Gasteiger charge is 2.02. The topological polar surface area (TPSA) is 124 Å². The number of carboxylic acid groups (broad SMARTS) is 1. The summed E-state index contributed by atoms with van der Waals surface area (Å²) in [5.41, 5.74) is 5.01. The van der Waals surface area contributed by atoms with Crippen LogP contribution in [0, 0.1) is 10.1 Å². The second-order valence-corrected chi connectivity index (χ2v) is 2.56. The monoisotopic (exact) mass is 226 g/mol. The van der Waals surface area contributed by atoms with Crippen molar-refractivity contribution in [2.75, 3.05) is 6.54 Å². The maximum absolute atomic E-state index is 10.1. The molecule has 0 aliphatic rings. The molecular weight excluding hydrogens is 216 g/mol. The van der Waals surface area contributed by atoms with E-state index in [0.717, 1.165) is 0 Å². The van der Waals surface area contributed by atoms with Crippen molar-refractivity contribution in [2.24, 2.45) is 5.73 Å². The molecule has 0 aromatic heterocycles. The Morgan fingerprint density at radius 2 is 1.88 bits per heavy atom. The number of aliphatic carboxylic acids is 1. The predicted octanol–water partition coefficient (Wildman–Crippen LogP) is 0.437. The molecule has 1 aromatic carbocycles. The van der Waals surface area contributed by atoms with Crippen LogP contribution in [0.4, 0.5) is 5.69 Å². The molecule has 0 radical (unpaired) electrons. The lowest BCUT2D eigenvalue weighted by Crippen LogP contribution is -2.10. The van der Waals surface area contributed by atoms with Gasteiger partial charge in [0, 0.05) is 17.7 Å². The Kier molecular flexibility index (Phi) is 6.06. The second-order valence-electron chi connectivity index (χ2n) is 2.56. The standard InChI is InChI=1S/C7H5NO3.C2H5NO2/c9-5-6-1-3-7(4-2-6)8(10)11;3-1-2(4)5/h1-5H;1,3H2,(H,4,5). The molecule has 0 fully saturated rings. The molecule has 0 aliphatic heterocycles. The Labute approximate surface area is 90.6 Å². The lowest BCUT2D eigenvalue weighted by Gasteiger charge is -1.89. The number of nitrogens with zero attached hydrogens (tertiary/aromatic N) is 1. The highest BCUT2D eigenvalue weighted by Crippen LogP contribution is 2.09. The fraction of sp³-hybridized carbons (Fsp3) is 0.111. The third-order valence-corrected chi connectivity index (χ3v) is 1.41. The van der Waals surface area contributed by atoms with Crippen molar-refractivity contribution in [2.45, 2.75) is 0 Å². The van der Waals surface area contributed by atoms with Gasteiger partial charge in [-0.15, -0.1) is 0 Å². The van der Waals surface area contributed by atoms with Crippen molar-refractivity contribution in [3.63, 3.8) is 0 Å². The average Bonchev–Trinajstić information content (AvgIpc) is 2.29. The maximum atomic E-state index is 10.1. The fourth-order valence-corrected chi connectivity index (χ4v) is 0.675. The summed E-state index contributed by atoms with van der Waals surface area (Å²) in [5, 5.41) is 17.7. The Hall–Kier alpha value is -2.28. The summed E-state index contributed by atoms with van der Waals surface area (Å²) in [5.74, 6) is -0.968. The molecule has 0 amide bonds. The number of nitrogens with two attached hydrogens (primary N) is 1. The van der Waals surface area contributed by atoms with Crippen molar-refractivity contribution in [1.82, 2.24) is 0 Å². The highest BCUT2D eigenvalue weighted by molar-refractivity contribution is 5.75. The molecule has 0 saturated carbocycles. The first kappa shape index (κ1) is 13.7. The Morgan fingerprint density at radius 1 is 1.44 bits per heavy atom. The number of nitro groups is 1. The summed E-state index contributed by atoms with van der Waals surface area (Å²) in [7, 11) is 0. The second kappa shape index (κ2) is 7.07. The zero-order valence-corrected chi connectivity index (χ0v) is 8.20. The molecule has 1 rings (SSSR count). The number of hydrogen-bond acceptors (Lipinski definition) is 5. The summed E-state index contributed by atoms with van der Waals surface area (Å²) in [6, 6.07) is 5.41. The number of carboxylic acids is 1. The van der Waals surface area contributed by atoms with E-state index in [0.29, 0.717) is 11.8 Å². The van der Waals surface area contributed by atoms with E-state index in [1.807, 2.05) is 0 Å². The van der Waals surface area contributed by atoms with Crippen LogP contribution in [0.5, 0.6) is 0 Å². The van der Waals surface area contributed by atoms with E-state index < -0.39 is 10.9 Å². The van der Waals surface area contributed by atoms with Gasteiger partial charge < -0.3 is 10.8 Å². The fourth-order valence-electron chi connectivity index (χ4n) is 0.675. The molecule has 7 nitrogen and oxygen atoms in total. The number of carbonyl (C=O) groups excluding carboxylic acids is 1. The van der Waals surface area contributed by atoms with Crippen LogP contribution in [0.3, 0.4) is 0 Å². The summed E-state index contributed by atoms with van der Waals surface area (Å²) in [4.78, 5) is 29.0. The molecule has 0 unspecified atom stereocenters. The van der Waals surface area contributed by atoms with Gasteiger partial charge in [0.25, 0.3) is 5.69 Å². The first-order chi connectivity index (χ1) is 7.51. The number of nitro benzene ring substituents is 1. The molecule has 0 heterocycles. The Bertz CT molecular complexity index is 374. The minimum atomic E-state index is -0.968. The van der Waals surface area contributed by atoms with E-state index in [2.05, 4.69) is 5.73 Å². The molecule has 0 bridgehead atoms. The van der Waals surface area contributed by atoms with Crippen molar-refractivity contribution in [3.8, 4) is 0 Å². The van der Waals surface area contributed by atoms with E-state index in [9.17, 15) is 19.7 Å². The largest absolute Gasteiger partial charge is 0.480 e. The van der Waals surface area contributed by atoms with Crippen molar-refractivity contribution in [1.29, 1.82) is 0 Å². The van der Waals surface area contributed by atoms with Crippen LogP contribution in [0.25, 0.3) is 0 Å². The van der Waals surface area contributed by atoms with Crippen molar-refractivity contribution >= 4 is 17.9 Å². The summed E-state index contributed by atoms with van der Waals surface area (Å²) in [6.07, 6.45) is 0.643. The number of carbonyl (C=O) groups is 2. The van der Waals surface area contributed by atoms with Crippen LogP contribution in [-0.4, -0.2) is 28.8 Å². The van der Waals surface area contributed by atoms with Gasteiger partial charge in [-0.05, 0) is 12.1 Å². The number of hydrogen-bond donors (Lipinski definition) is 2. The lowest BCUT2D eigenvalue weighted by atomic mass is 10.2. The van der Waals surface area contributed by atoms with Crippen LogP contribution in [0.15, 0.2) is 24.3 Å². The van der Waals surface area contributed by atoms with Gasteiger partial charge in [-0.3, -0.25) is 19.7 Å². The van der Waals surface area contributed by atoms with E-state index in [-0.39, 0.29) is 12.2 Å². The number of non-ortho nitro benzene ring substituents is 1. The minimum Gasteiger partial charge on any atom is -0.480 e. The lowest BCUT2D eigenvalue weighted by molar-refractivity contribution is -0.384. The molecule has 0 aliphatic carbocycles. The zero-order chi connectivity index (χ0) is 12.6. The van der Waals surface area contributed by atoms with Crippen molar-refractivity contribution < 1.29 is 19.6 Å². The van der Waals surface area contributed by atoms with Gasteiger partial charge in [0.1, 0.15) is 6.29 Å². The SMILES string of the molecule is NCC(=O)O.O=Cc1ccc([N+](=O)[O-])cc1. The molecule has 16 heavy (non-hydrogen) atoms. The first-order valence-corrected chi connectivity index (χ1v) is 4.12. The van der Waals surface area contributed by atoms with Gasteiger partial charge in [-0.2, -0.15) is 0 Å². The first-order valence-electron chi connectivity index (χ1n) is 4.12. The average molecular weight is 226 g/mol. The molecule has 86 valence electrons. The molecule has 0 spiro atoms. The number of rotatable bonds is 3. The summed E-state index contributed by atoms with van der Waals surface area (Å²) < 4.78 is 0. The van der Waals surface area contributed by atoms with E-state index in [1.54, 1.807) is 0 Å². The molecule has 0 atom stereocenters. The molecule has 1 aromatic rings. The number of benzene rings is 1. The Balaban J connectivity index is 0.000000385. The van der Waals surface area contributed by atoms with Crippen LogP contribution in [0.1, 0.15) is 10.4 Å². The van der Waals surface area contributed by atoms with Gasteiger partial charge in [0.15, 0.2) is 0 Å². The van der Waals surface area contributed by atoms with E-state index >= 15 is 0 Å². The minimum absolute atomic E-state index is 0.00407. The van der Waals surface area contributed by atoms with Crippen LogP contribution in [0.2, 0.25) is 0 Å². The van der Waals surface area contributed by atoms with Gasteiger partial charge in [-0.1, -0.05) is 0 Å². The Morgan fingerprint density at radius 3 is 2.12 bits per heavy atom. The zero-order valence-electron chi connectivity index (χ0n) is 8.20. The molecular formula is C9H10N2O5. The smallest absolute Gasteiger partial charge is 0.317 e. The predicted molar refractivity (Wildman–Crippen MR) is 55.2 cm³/mol. The highest BCUT2D eigenvalue weighted by atomic mass is 16.6. The molecule has 0 saturated heterocycles. The molecule has 3 N–H and O–H groups in total. The summed E-state index contributed by atoms with van der Waals surface area (Å²) in [6.45, 7) is -0.278. The van der Waals surface area contributed by atoms with Crippen molar-refractivity contribution in [3.05, 3.63) is 39.9 Å². The number of aldehydes is 1. The van der Waals surface area contributed by atoms with Gasteiger partial charge in [0.05, 0.1) is 11.5 Å². The van der Waals surface area contributed by atoms with E-state index in [1.165, 1.54) is 24.3 Å². The maximum Gasteiger partial charge on any atom is 0.317 e. The summed E-state index contributed by atoms with van der Waals surface area (Å²) >= 11 is 0. The van der Waals surface area contributed by atoms with Gasteiger partial charge >= 0.3 is 5.97 Å².